The summed E-state index contributed by atoms with van der Waals surface area (Å²) in [6, 6.07) is 11.4. The summed E-state index contributed by atoms with van der Waals surface area (Å²) in [6.45, 7) is 1.80. The summed E-state index contributed by atoms with van der Waals surface area (Å²) in [6.07, 6.45) is -4.82. The molecule has 3 aromatic rings. The first-order valence-electron chi connectivity index (χ1n) is 10.0. The molecule has 10 heteroatoms. The Hall–Kier alpha value is -3.82. The van der Waals surface area contributed by atoms with Crippen molar-refractivity contribution in [2.45, 2.75) is 38.6 Å². The molecule has 0 spiro atoms. The number of esters is 1. The zero-order valence-corrected chi connectivity index (χ0v) is 17.5. The number of fused-ring (bicyclic) bond motifs is 1. The summed E-state index contributed by atoms with van der Waals surface area (Å²) < 4.78 is 54.7. The lowest BCUT2D eigenvalue weighted by atomic mass is 10.1. The van der Waals surface area contributed by atoms with Gasteiger partial charge in [-0.25, -0.2) is 14.4 Å². The lowest BCUT2D eigenvalue weighted by Gasteiger charge is -2.17. The smallest absolute Gasteiger partial charge is 0.417 e. The minimum absolute atomic E-state index is 0.00577. The largest absolute Gasteiger partial charge is 0.445 e. The molecule has 0 radical (unpaired) electrons. The Balaban J connectivity index is 1.71. The molecule has 1 aromatic heterocycles. The molecule has 2 aromatic carbocycles. The maximum absolute atomic E-state index is 13.2. The normalized spacial score (nSPS) is 12.2. The van der Waals surface area contributed by atoms with Crippen LogP contribution in [0, 0.1) is 0 Å². The lowest BCUT2D eigenvalue weighted by molar-refractivity contribution is -0.137. The first-order chi connectivity index (χ1) is 15.7. The summed E-state index contributed by atoms with van der Waals surface area (Å²) in [5.41, 5.74) is -1.97. The maximum Gasteiger partial charge on any atom is 0.417 e. The number of alkyl carbamates (subject to hydrolysis) is 1. The number of halogens is 3. The molecule has 0 bridgehead atoms. The molecular weight excluding hydrogens is 443 g/mol. The number of alkyl halides is 3. The van der Waals surface area contributed by atoms with Crippen LogP contribution < -0.4 is 15.7 Å². The van der Waals surface area contributed by atoms with E-state index in [1.54, 1.807) is 31.2 Å². The Labute approximate surface area is 186 Å². The van der Waals surface area contributed by atoms with Gasteiger partial charge in [0.1, 0.15) is 24.0 Å². The van der Waals surface area contributed by atoms with Gasteiger partial charge in [0, 0.05) is 17.5 Å². The van der Waals surface area contributed by atoms with Crippen molar-refractivity contribution in [2.24, 2.45) is 0 Å². The van der Waals surface area contributed by atoms with Gasteiger partial charge in [-0.2, -0.15) is 13.2 Å². The molecule has 0 fully saturated rings. The molecule has 3 rings (SSSR count). The second-order valence-corrected chi connectivity index (χ2v) is 7.10. The molecule has 0 saturated heterocycles. The average Bonchev–Trinajstić information content (AvgIpc) is 2.76. The number of nitrogens with one attached hydrogen (secondary N) is 1. The fourth-order valence-corrected chi connectivity index (χ4v) is 3.07. The van der Waals surface area contributed by atoms with Crippen LogP contribution in [0.4, 0.5) is 18.0 Å². The summed E-state index contributed by atoms with van der Waals surface area (Å²) in [5.74, 6) is -0.988. The third-order valence-electron chi connectivity index (χ3n) is 4.61. The minimum atomic E-state index is -4.76. The highest BCUT2D eigenvalue weighted by molar-refractivity contribution is 5.85. The predicted molar refractivity (Wildman–Crippen MR) is 112 cm³/mol. The molecule has 1 amide bonds. The van der Waals surface area contributed by atoms with Crippen molar-refractivity contribution in [1.29, 1.82) is 0 Å². The second-order valence-electron chi connectivity index (χ2n) is 7.10. The van der Waals surface area contributed by atoms with Crippen LogP contribution in [0.15, 0.2) is 63.8 Å². The third kappa shape index (κ3) is 6.34. The molecule has 0 aliphatic rings. The standard InChI is InChI=1S/C23H20F3NO6/c1-2-6-18(27-22(30)31-13-14-7-4-3-5-8-14)21(29)32-15-9-10-16-17(23(24,25)26)12-20(28)33-19(16)11-15/h3-5,7-12,18H,2,6,13H2,1H3,(H,27,30)/t18-/m0/s1. The highest BCUT2D eigenvalue weighted by atomic mass is 19.4. The molecular formula is C23H20F3NO6. The molecule has 0 unspecified atom stereocenters. The van der Waals surface area contributed by atoms with Crippen molar-refractivity contribution in [3.8, 4) is 5.75 Å². The predicted octanol–water partition coefficient (Wildman–Crippen LogP) is 4.81. The first kappa shape index (κ1) is 23.8. The van der Waals surface area contributed by atoms with Crippen LogP contribution in [-0.2, 0) is 22.3 Å². The van der Waals surface area contributed by atoms with E-state index in [4.69, 9.17) is 13.9 Å². The summed E-state index contributed by atoms with van der Waals surface area (Å²) >= 11 is 0. The van der Waals surface area contributed by atoms with Crippen molar-refractivity contribution >= 4 is 23.0 Å². The maximum atomic E-state index is 13.2. The SMILES string of the molecule is CCC[C@H](NC(=O)OCc1ccccc1)C(=O)Oc1ccc2c(C(F)(F)F)cc(=O)oc2c1. The number of hydrogen-bond donors (Lipinski definition) is 1. The van der Waals surface area contributed by atoms with E-state index in [2.05, 4.69) is 5.32 Å². The summed E-state index contributed by atoms with van der Waals surface area (Å²) in [4.78, 5) is 36.2. The third-order valence-corrected chi connectivity index (χ3v) is 4.61. The number of carbonyl (C=O) groups excluding carboxylic acids is 2. The average molecular weight is 463 g/mol. The second kappa shape index (κ2) is 10.2. The fraction of sp³-hybridized carbons (Fsp3) is 0.261. The topological polar surface area (TPSA) is 94.8 Å². The first-order valence-corrected chi connectivity index (χ1v) is 10.0. The van der Waals surface area contributed by atoms with Crippen LogP contribution in [0.25, 0.3) is 11.0 Å². The van der Waals surface area contributed by atoms with Gasteiger partial charge in [-0.15, -0.1) is 0 Å². The van der Waals surface area contributed by atoms with Crippen molar-refractivity contribution in [3.63, 3.8) is 0 Å². The monoisotopic (exact) mass is 463 g/mol. The van der Waals surface area contributed by atoms with E-state index in [1.165, 1.54) is 0 Å². The zero-order valence-electron chi connectivity index (χ0n) is 17.5. The Kier molecular flexibility index (Phi) is 7.37. The van der Waals surface area contributed by atoms with E-state index in [1.807, 2.05) is 6.07 Å². The van der Waals surface area contributed by atoms with Gasteiger partial charge in [0.05, 0.1) is 5.56 Å². The van der Waals surface area contributed by atoms with Gasteiger partial charge in [0.25, 0.3) is 0 Å². The molecule has 0 aliphatic carbocycles. The Morgan fingerprint density at radius 3 is 2.48 bits per heavy atom. The number of hydrogen-bond acceptors (Lipinski definition) is 6. The van der Waals surface area contributed by atoms with Crippen LogP contribution in [0.3, 0.4) is 0 Å². The Bertz CT molecular complexity index is 1190. The van der Waals surface area contributed by atoms with Crippen molar-refractivity contribution < 1.29 is 36.7 Å². The minimum Gasteiger partial charge on any atom is -0.445 e. The Morgan fingerprint density at radius 1 is 1.09 bits per heavy atom. The number of carbonyl (C=O) groups is 2. The molecule has 0 aliphatic heterocycles. The van der Waals surface area contributed by atoms with E-state index in [-0.39, 0.29) is 29.7 Å². The Morgan fingerprint density at radius 2 is 1.82 bits per heavy atom. The number of benzene rings is 2. The number of ether oxygens (including phenoxy) is 2. The molecule has 1 N–H and O–H groups in total. The van der Waals surface area contributed by atoms with E-state index >= 15 is 0 Å². The van der Waals surface area contributed by atoms with Gasteiger partial charge in [-0.3, -0.25) is 0 Å². The molecule has 33 heavy (non-hydrogen) atoms. The van der Waals surface area contributed by atoms with Crippen molar-refractivity contribution in [3.05, 3.63) is 76.1 Å². The van der Waals surface area contributed by atoms with Gasteiger partial charge < -0.3 is 19.2 Å². The highest BCUT2D eigenvalue weighted by Crippen LogP contribution is 2.34. The van der Waals surface area contributed by atoms with Gasteiger partial charge in [-0.1, -0.05) is 43.7 Å². The quantitative estimate of drug-likeness (QED) is 0.307. The van der Waals surface area contributed by atoms with Gasteiger partial charge in [0.15, 0.2) is 0 Å². The van der Waals surface area contributed by atoms with Crippen LogP contribution in [-0.4, -0.2) is 18.1 Å². The van der Waals surface area contributed by atoms with Gasteiger partial charge in [-0.05, 0) is 24.1 Å². The van der Waals surface area contributed by atoms with Crippen LogP contribution in [0.2, 0.25) is 0 Å². The molecule has 1 heterocycles. The van der Waals surface area contributed by atoms with Crippen molar-refractivity contribution in [2.75, 3.05) is 0 Å². The van der Waals surface area contributed by atoms with Gasteiger partial charge in [0.2, 0.25) is 0 Å². The van der Waals surface area contributed by atoms with E-state index in [9.17, 15) is 27.6 Å². The summed E-state index contributed by atoms with van der Waals surface area (Å²) in [7, 11) is 0. The van der Waals surface area contributed by atoms with Crippen molar-refractivity contribution in [1.82, 2.24) is 5.32 Å². The molecule has 0 saturated carbocycles. The number of rotatable bonds is 7. The molecule has 174 valence electrons. The van der Waals surface area contributed by atoms with Crippen LogP contribution in [0.5, 0.6) is 5.75 Å². The lowest BCUT2D eigenvalue weighted by Crippen LogP contribution is -2.43. The molecule has 1 atom stereocenters. The summed E-state index contributed by atoms with van der Waals surface area (Å²) in [5, 5.41) is 2.07. The van der Waals surface area contributed by atoms with Crippen LogP contribution >= 0.6 is 0 Å². The zero-order chi connectivity index (χ0) is 24.0. The van der Waals surface area contributed by atoms with E-state index < -0.39 is 35.5 Å². The van der Waals surface area contributed by atoms with E-state index in [0.717, 1.165) is 23.8 Å². The van der Waals surface area contributed by atoms with Crippen LogP contribution in [0.1, 0.15) is 30.9 Å². The van der Waals surface area contributed by atoms with E-state index in [0.29, 0.717) is 12.5 Å². The highest BCUT2D eigenvalue weighted by Gasteiger charge is 2.34. The van der Waals surface area contributed by atoms with Gasteiger partial charge >= 0.3 is 23.9 Å². The number of amides is 1. The fourth-order valence-electron chi connectivity index (χ4n) is 3.07. The molecule has 7 nitrogen and oxygen atoms in total.